The maximum absolute atomic E-state index is 5.92. The van der Waals surface area contributed by atoms with Crippen molar-refractivity contribution in [2.75, 3.05) is 39.1 Å². The van der Waals surface area contributed by atoms with E-state index < -0.39 is 0 Å². The smallest absolute Gasteiger partial charge is 0.151 e. The number of methoxy groups -OCH3 is 1. The Morgan fingerprint density at radius 2 is 2.20 bits per heavy atom. The summed E-state index contributed by atoms with van der Waals surface area (Å²) in [7, 11) is 1.69. The lowest BCUT2D eigenvalue weighted by molar-refractivity contribution is 0.0330. The highest BCUT2D eigenvalue weighted by molar-refractivity contribution is 5.67. The van der Waals surface area contributed by atoms with Crippen LogP contribution in [0.1, 0.15) is 11.3 Å². The van der Waals surface area contributed by atoms with Crippen molar-refractivity contribution >= 4 is 11.3 Å². The Labute approximate surface area is 117 Å². The van der Waals surface area contributed by atoms with E-state index in [9.17, 15) is 0 Å². The molecule has 7 nitrogen and oxygen atoms in total. The molecule has 2 aromatic rings. The number of fused-ring (bicyclic) bond motifs is 1. The van der Waals surface area contributed by atoms with E-state index in [2.05, 4.69) is 15.0 Å². The van der Waals surface area contributed by atoms with Gasteiger partial charge in [0.05, 0.1) is 25.5 Å². The maximum atomic E-state index is 5.92. The summed E-state index contributed by atoms with van der Waals surface area (Å²) in [5, 5.41) is 4.32. The molecule has 7 heteroatoms. The Morgan fingerprint density at radius 1 is 1.40 bits per heavy atom. The second kappa shape index (κ2) is 5.74. The van der Waals surface area contributed by atoms with Crippen LogP contribution >= 0.6 is 0 Å². The molecule has 1 aliphatic rings. The first kappa shape index (κ1) is 13.3. The molecule has 2 aromatic heterocycles. The lowest BCUT2D eigenvalue weighted by Crippen LogP contribution is -2.36. The third-order valence-corrected chi connectivity index (χ3v) is 3.57. The number of hydrogen-bond acceptors (Lipinski definition) is 6. The van der Waals surface area contributed by atoms with Crippen LogP contribution in [-0.4, -0.2) is 52.9 Å². The summed E-state index contributed by atoms with van der Waals surface area (Å²) in [5.74, 6) is 0.491. The van der Waals surface area contributed by atoms with E-state index >= 15 is 0 Å². The van der Waals surface area contributed by atoms with Crippen LogP contribution < -0.4 is 5.73 Å². The second-order valence-corrected chi connectivity index (χ2v) is 4.88. The van der Waals surface area contributed by atoms with Crippen molar-refractivity contribution in [2.24, 2.45) is 0 Å². The van der Waals surface area contributed by atoms with Gasteiger partial charge in [-0.05, 0) is 6.07 Å². The molecule has 1 saturated heterocycles. The number of nitrogen functional groups attached to an aromatic ring is 1. The lowest BCUT2D eigenvalue weighted by Gasteiger charge is -2.26. The predicted octanol–water partition coefficient (Wildman–Crippen LogP) is 0.290. The van der Waals surface area contributed by atoms with Gasteiger partial charge in [-0.1, -0.05) is 0 Å². The number of aromatic nitrogens is 3. The molecule has 2 N–H and O–H groups in total. The number of nitrogens with zero attached hydrogens (tertiary/aromatic N) is 4. The van der Waals surface area contributed by atoms with Crippen molar-refractivity contribution in [3.8, 4) is 0 Å². The highest BCUT2D eigenvalue weighted by Gasteiger charge is 2.18. The van der Waals surface area contributed by atoms with E-state index in [0.29, 0.717) is 12.4 Å². The third-order valence-electron chi connectivity index (χ3n) is 3.57. The molecule has 0 radical (unpaired) electrons. The summed E-state index contributed by atoms with van der Waals surface area (Å²) >= 11 is 0. The highest BCUT2D eigenvalue weighted by Crippen LogP contribution is 2.21. The Morgan fingerprint density at radius 3 is 2.95 bits per heavy atom. The van der Waals surface area contributed by atoms with Crippen molar-refractivity contribution in [1.82, 2.24) is 19.5 Å². The molecular weight excluding hydrogens is 258 g/mol. The van der Waals surface area contributed by atoms with Crippen LogP contribution in [0.3, 0.4) is 0 Å². The Bertz CT molecular complexity index is 592. The number of ether oxygens (including phenoxy) is 2. The van der Waals surface area contributed by atoms with Crippen LogP contribution in [0.5, 0.6) is 0 Å². The van der Waals surface area contributed by atoms with Gasteiger partial charge in [-0.2, -0.15) is 5.10 Å². The molecule has 1 aliphatic heterocycles. The van der Waals surface area contributed by atoms with Crippen molar-refractivity contribution < 1.29 is 9.47 Å². The highest BCUT2D eigenvalue weighted by atomic mass is 16.5. The van der Waals surface area contributed by atoms with E-state index in [1.54, 1.807) is 7.11 Å². The van der Waals surface area contributed by atoms with Gasteiger partial charge in [-0.25, -0.2) is 9.50 Å². The van der Waals surface area contributed by atoms with Crippen molar-refractivity contribution in [3.05, 3.63) is 23.7 Å². The summed E-state index contributed by atoms with van der Waals surface area (Å²) in [6.07, 6.45) is 1.49. The van der Waals surface area contributed by atoms with E-state index in [4.69, 9.17) is 15.2 Å². The average molecular weight is 277 g/mol. The van der Waals surface area contributed by atoms with Gasteiger partial charge in [-0.3, -0.25) is 4.90 Å². The van der Waals surface area contributed by atoms with Crippen LogP contribution in [0.4, 0.5) is 5.82 Å². The normalized spacial score (nSPS) is 16.9. The van der Waals surface area contributed by atoms with Crippen molar-refractivity contribution in [1.29, 1.82) is 0 Å². The number of hydrogen-bond donors (Lipinski definition) is 1. The topological polar surface area (TPSA) is 77.9 Å². The van der Waals surface area contributed by atoms with E-state index in [-0.39, 0.29) is 0 Å². The number of rotatable bonds is 4. The monoisotopic (exact) mass is 277 g/mol. The molecule has 0 saturated carbocycles. The van der Waals surface area contributed by atoms with Gasteiger partial charge in [0.25, 0.3) is 0 Å². The Balaban J connectivity index is 1.97. The Kier molecular flexibility index (Phi) is 3.81. The largest absolute Gasteiger partial charge is 0.382 e. The molecule has 3 rings (SSSR count). The minimum atomic E-state index is 0.491. The summed E-state index contributed by atoms with van der Waals surface area (Å²) in [6, 6.07) is 2.01. The zero-order chi connectivity index (χ0) is 13.9. The van der Waals surface area contributed by atoms with Crippen LogP contribution in [0.15, 0.2) is 12.4 Å². The van der Waals surface area contributed by atoms with Gasteiger partial charge in [0.2, 0.25) is 0 Å². The molecule has 0 unspecified atom stereocenters. The fraction of sp³-hybridized carbons (Fsp3) is 0.538. The molecule has 20 heavy (non-hydrogen) atoms. The standard InChI is InChI=1S/C13H19N5O2/c1-19-8-10-6-11-13(14)15-9-16-18(11)12(10)7-17-2-4-20-5-3-17/h6,9H,2-5,7-8H2,1H3,(H2,14,15,16). The summed E-state index contributed by atoms with van der Waals surface area (Å²) in [6.45, 7) is 4.77. The lowest BCUT2D eigenvalue weighted by atomic mass is 10.2. The quantitative estimate of drug-likeness (QED) is 0.865. The molecular formula is C13H19N5O2. The van der Waals surface area contributed by atoms with Gasteiger partial charge in [0.1, 0.15) is 11.8 Å². The fourth-order valence-corrected chi connectivity index (χ4v) is 2.53. The SMILES string of the molecule is COCc1cc2c(N)ncnn2c1CN1CCOCC1. The minimum absolute atomic E-state index is 0.491. The predicted molar refractivity (Wildman–Crippen MR) is 74.2 cm³/mol. The average Bonchev–Trinajstić information content (AvgIpc) is 2.81. The van der Waals surface area contributed by atoms with E-state index in [0.717, 1.165) is 49.6 Å². The Hall–Kier alpha value is -1.70. The molecule has 0 amide bonds. The first-order chi connectivity index (χ1) is 9.79. The second-order valence-electron chi connectivity index (χ2n) is 4.88. The summed E-state index contributed by atoms with van der Waals surface area (Å²) in [4.78, 5) is 6.39. The first-order valence-corrected chi connectivity index (χ1v) is 6.68. The zero-order valence-corrected chi connectivity index (χ0v) is 11.6. The molecule has 0 aromatic carbocycles. The molecule has 1 fully saturated rings. The fourth-order valence-electron chi connectivity index (χ4n) is 2.53. The maximum Gasteiger partial charge on any atom is 0.151 e. The first-order valence-electron chi connectivity index (χ1n) is 6.68. The number of morpholine rings is 1. The minimum Gasteiger partial charge on any atom is -0.382 e. The van der Waals surface area contributed by atoms with Gasteiger partial charge in [0, 0.05) is 32.3 Å². The van der Waals surface area contributed by atoms with Gasteiger partial charge >= 0.3 is 0 Å². The van der Waals surface area contributed by atoms with Crippen molar-refractivity contribution in [2.45, 2.75) is 13.2 Å². The molecule has 0 bridgehead atoms. The molecule has 3 heterocycles. The van der Waals surface area contributed by atoms with Crippen LogP contribution in [0, 0.1) is 0 Å². The number of anilines is 1. The zero-order valence-electron chi connectivity index (χ0n) is 11.6. The molecule has 108 valence electrons. The van der Waals surface area contributed by atoms with Crippen LogP contribution in [0.2, 0.25) is 0 Å². The van der Waals surface area contributed by atoms with Gasteiger partial charge in [0.15, 0.2) is 5.82 Å². The van der Waals surface area contributed by atoms with Crippen LogP contribution in [0.25, 0.3) is 5.52 Å². The molecule has 0 aliphatic carbocycles. The van der Waals surface area contributed by atoms with E-state index in [1.165, 1.54) is 6.33 Å². The third kappa shape index (κ3) is 2.47. The molecule has 0 atom stereocenters. The number of nitrogens with two attached hydrogens (primary N) is 1. The van der Waals surface area contributed by atoms with Crippen molar-refractivity contribution in [3.63, 3.8) is 0 Å². The van der Waals surface area contributed by atoms with Gasteiger partial charge < -0.3 is 15.2 Å². The summed E-state index contributed by atoms with van der Waals surface area (Å²) < 4.78 is 12.5. The van der Waals surface area contributed by atoms with Crippen LogP contribution in [-0.2, 0) is 22.6 Å². The molecule has 0 spiro atoms. The summed E-state index contributed by atoms with van der Waals surface area (Å²) in [5.41, 5.74) is 8.97. The van der Waals surface area contributed by atoms with E-state index in [1.807, 2.05) is 10.6 Å². The van der Waals surface area contributed by atoms with Gasteiger partial charge in [-0.15, -0.1) is 0 Å².